The van der Waals surface area contributed by atoms with Crippen LogP contribution >= 0.6 is 15.9 Å². The Kier molecular flexibility index (Phi) is 5.71. The molecule has 3 heteroatoms. The summed E-state index contributed by atoms with van der Waals surface area (Å²) in [6.07, 6.45) is 0. The second kappa shape index (κ2) is 5.97. The Labute approximate surface area is 87.0 Å². The summed E-state index contributed by atoms with van der Waals surface area (Å²) in [5.74, 6) is -0.0741. The molecule has 0 aromatic heterocycles. The number of aryl methyl sites for hydroxylation is 1. The zero-order valence-electron chi connectivity index (χ0n) is 8.32. The van der Waals surface area contributed by atoms with E-state index in [0.29, 0.717) is 4.47 Å². The van der Waals surface area contributed by atoms with E-state index >= 15 is 0 Å². The predicted molar refractivity (Wildman–Crippen MR) is 56.7 cm³/mol. The van der Waals surface area contributed by atoms with Gasteiger partial charge >= 0.3 is 0 Å². The normalized spacial score (nSPS) is 8.77. The number of benzene rings is 1. The largest absolute Gasteiger partial charge is 0.492 e. The van der Waals surface area contributed by atoms with Gasteiger partial charge in [-0.25, -0.2) is 4.39 Å². The number of rotatable bonds is 1. The summed E-state index contributed by atoms with van der Waals surface area (Å²) in [7, 11) is 1.44. The van der Waals surface area contributed by atoms with E-state index in [0.717, 1.165) is 5.56 Å². The van der Waals surface area contributed by atoms with Gasteiger partial charge in [0.15, 0.2) is 11.6 Å². The SMILES string of the molecule is CC.COc1c(F)cc(C)cc1Br. The molecule has 0 bridgehead atoms. The third-order valence-electron chi connectivity index (χ3n) is 1.35. The fourth-order valence-corrected chi connectivity index (χ4v) is 1.59. The van der Waals surface area contributed by atoms with Gasteiger partial charge in [0.25, 0.3) is 0 Å². The summed E-state index contributed by atoms with van der Waals surface area (Å²) in [6.45, 7) is 5.83. The van der Waals surface area contributed by atoms with Crippen molar-refractivity contribution in [1.82, 2.24) is 0 Å². The standard InChI is InChI=1S/C8H8BrFO.C2H6/c1-5-3-6(9)8(11-2)7(10)4-5;1-2/h3-4H,1-2H3;1-2H3. The van der Waals surface area contributed by atoms with Gasteiger partial charge in [-0.3, -0.25) is 0 Å². The van der Waals surface area contributed by atoms with Gasteiger partial charge in [-0.15, -0.1) is 0 Å². The minimum absolute atomic E-state index is 0.260. The molecule has 0 amide bonds. The molecule has 0 saturated carbocycles. The molecule has 0 fully saturated rings. The highest BCUT2D eigenvalue weighted by atomic mass is 79.9. The van der Waals surface area contributed by atoms with Crippen LogP contribution in [0.3, 0.4) is 0 Å². The second-order valence-corrected chi connectivity index (χ2v) is 3.12. The maximum absolute atomic E-state index is 13.0. The number of ether oxygens (including phenoxy) is 1. The van der Waals surface area contributed by atoms with Gasteiger partial charge in [0.2, 0.25) is 0 Å². The van der Waals surface area contributed by atoms with Crippen LogP contribution < -0.4 is 4.74 Å². The number of halogens is 2. The highest BCUT2D eigenvalue weighted by Gasteiger charge is 2.06. The highest BCUT2D eigenvalue weighted by Crippen LogP contribution is 2.28. The monoisotopic (exact) mass is 248 g/mol. The third-order valence-corrected chi connectivity index (χ3v) is 1.94. The second-order valence-electron chi connectivity index (χ2n) is 2.26. The van der Waals surface area contributed by atoms with Crippen molar-refractivity contribution in [3.8, 4) is 5.75 Å². The van der Waals surface area contributed by atoms with Crippen molar-refractivity contribution in [3.05, 3.63) is 28.0 Å². The molecule has 0 saturated heterocycles. The van der Waals surface area contributed by atoms with Crippen LogP contribution in [0.25, 0.3) is 0 Å². The van der Waals surface area contributed by atoms with Crippen molar-refractivity contribution in [1.29, 1.82) is 0 Å². The van der Waals surface area contributed by atoms with E-state index in [1.165, 1.54) is 13.2 Å². The van der Waals surface area contributed by atoms with Crippen LogP contribution in [0.1, 0.15) is 19.4 Å². The van der Waals surface area contributed by atoms with Crippen molar-refractivity contribution in [2.75, 3.05) is 7.11 Å². The first-order valence-electron chi connectivity index (χ1n) is 4.15. The quantitative estimate of drug-likeness (QED) is 0.732. The molecule has 0 aliphatic rings. The lowest BCUT2D eigenvalue weighted by Crippen LogP contribution is -1.89. The summed E-state index contributed by atoms with van der Waals surface area (Å²) >= 11 is 3.19. The molecular formula is C10H14BrFO. The van der Waals surface area contributed by atoms with Crippen molar-refractivity contribution in [2.24, 2.45) is 0 Å². The van der Waals surface area contributed by atoms with Crippen molar-refractivity contribution >= 4 is 15.9 Å². The molecule has 0 unspecified atom stereocenters. The molecule has 1 aromatic carbocycles. The van der Waals surface area contributed by atoms with Crippen molar-refractivity contribution in [2.45, 2.75) is 20.8 Å². The fourth-order valence-electron chi connectivity index (χ4n) is 0.882. The zero-order valence-corrected chi connectivity index (χ0v) is 9.90. The van der Waals surface area contributed by atoms with Gasteiger partial charge < -0.3 is 4.74 Å². The van der Waals surface area contributed by atoms with Gasteiger partial charge in [-0.05, 0) is 40.5 Å². The van der Waals surface area contributed by atoms with Gasteiger partial charge in [0, 0.05) is 0 Å². The Bertz CT molecular complexity index is 251. The van der Waals surface area contributed by atoms with E-state index in [-0.39, 0.29) is 11.6 Å². The molecule has 0 radical (unpaired) electrons. The lowest BCUT2D eigenvalue weighted by atomic mass is 10.2. The van der Waals surface area contributed by atoms with Crippen molar-refractivity contribution < 1.29 is 9.13 Å². The number of methoxy groups -OCH3 is 1. The van der Waals surface area contributed by atoms with Gasteiger partial charge in [0.05, 0.1) is 11.6 Å². The molecule has 0 heterocycles. The molecule has 0 aliphatic carbocycles. The summed E-state index contributed by atoms with van der Waals surface area (Å²) in [5, 5.41) is 0. The molecule has 0 aliphatic heterocycles. The molecule has 0 atom stereocenters. The third kappa shape index (κ3) is 3.35. The summed E-state index contributed by atoms with van der Waals surface area (Å²) in [4.78, 5) is 0. The van der Waals surface area contributed by atoms with E-state index in [2.05, 4.69) is 15.9 Å². The number of hydrogen-bond acceptors (Lipinski definition) is 1. The topological polar surface area (TPSA) is 9.23 Å². The molecule has 0 N–H and O–H groups in total. The molecule has 74 valence electrons. The Morgan fingerprint density at radius 1 is 1.31 bits per heavy atom. The average molecular weight is 249 g/mol. The van der Waals surface area contributed by atoms with Crippen LogP contribution in [0.15, 0.2) is 16.6 Å². The zero-order chi connectivity index (χ0) is 10.4. The highest BCUT2D eigenvalue weighted by molar-refractivity contribution is 9.10. The van der Waals surface area contributed by atoms with Crippen LogP contribution in [0.2, 0.25) is 0 Å². The molecule has 1 nitrogen and oxygen atoms in total. The van der Waals surface area contributed by atoms with Gasteiger partial charge in [-0.2, -0.15) is 0 Å². The average Bonchev–Trinajstić information content (AvgIpc) is 2.07. The first-order valence-corrected chi connectivity index (χ1v) is 4.94. The molecule has 1 rings (SSSR count). The smallest absolute Gasteiger partial charge is 0.168 e. The molecular weight excluding hydrogens is 235 g/mol. The first kappa shape index (κ1) is 12.4. The maximum Gasteiger partial charge on any atom is 0.168 e. The van der Waals surface area contributed by atoms with E-state index in [1.54, 1.807) is 0 Å². The Balaban J connectivity index is 0.000000671. The van der Waals surface area contributed by atoms with E-state index < -0.39 is 0 Å². The Hall–Kier alpha value is -0.570. The van der Waals surface area contributed by atoms with Crippen molar-refractivity contribution in [3.63, 3.8) is 0 Å². The summed E-state index contributed by atoms with van der Waals surface area (Å²) in [5.41, 5.74) is 0.871. The van der Waals surface area contributed by atoms with Crippen LogP contribution in [-0.2, 0) is 0 Å². The van der Waals surface area contributed by atoms with Crippen LogP contribution in [0.4, 0.5) is 4.39 Å². The van der Waals surface area contributed by atoms with Gasteiger partial charge in [0.1, 0.15) is 0 Å². The molecule has 0 spiro atoms. The fraction of sp³-hybridized carbons (Fsp3) is 0.400. The number of hydrogen-bond donors (Lipinski definition) is 0. The minimum Gasteiger partial charge on any atom is -0.492 e. The van der Waals surface area contributed by atoms with Crippen LogP contribution in [-0.4, -0.2) is 7.11 Å². The van der Waals surface area contributed by atoms with E-state index in [9.17, 15) is 4.39 Å². The van der Waals surface area contributed by atoms with Gasteiger partial charge in [-0.1, -0.05) is 13.8 Å². The van der Waals surface area contributed by atoms with Crippen LogP contribution in [0.5, 0.6) is 5.75 Å². The lowest BCUT2D eigenvalue weighted by molar-refractivity contribution is 0.383. The molecule has 13 heavy (non-hydrogen) atoms. The van der Waals surface area contributed by atoms with Crippen LogP contribution in [0, 0.1) is 12.7 Å². The lowest BCUT2D eigenvalue weighted by Gasteiger charge is -2.04. The maximum atomic E-state index is 13.0. The summed E-state index contributed by atoms with van der Waals surface area (Å²) in [6, 6.07) is 3.24. The Morgan fingerprint density at radius 3 is 2.23 bits per heavy atom. The van der Waals surface area contributed by atoms with E-state index in [1.807, 2.05) is 26.8 Å². The first-order chi connectivity index (χ1) is 6.15. The predicted octanol–water partition coefficient (Wildman–Crippen LogP) is 3.93. The Morgan fingerprint density at radius 2 is 1.85 bits per heavy atom. The van der Waals surface area contributed by atoms with E-state index in [4.69, 9.17) is 4.74 Å². The summed E-state index contributed by atoms with van der Waals surface area (Å²) < 4.78 is 18.4. The molecule has 1 aromatic rings. The minimum atomic E-state index is -0.334.